The summed E-state index contributed by atoms with van der Waals surface area (Å²) < 4.78 is 4.63. The average Bonchev–Trinajstić information content (AvgIpc) is 1.81. The van der Waals surface area contributed by atoms with Crippen LogP contribution in [0.2, 0.25) is 0 Å². The molecule has 3 nitrogen and oxygen atoms in total. The summed E-state index contributed by atoms with van der Waals surface area (Å²) in [6, 6.07) is 0. The number of ether oxygens (including phenoxy) is 1. The average molecular weight is 118 g/mol. The van der Waals surface area contributed by atoms with Gasteiger partial charge in [0.05, 0.1) is 19.5 Å². The maximum absolute atomic E-state index is 8.14. The first-order valence-electron chi connectivity index (χ1n) is 2.40. The fourth-order valence-electron chi connectivity index (χ4n) is 0.232. The van der Waals surface area contributed by atoms with E-state index in [1.54, 1.807) is 0 Å². The van der Waals surface area contributed by atoms with Gasteiger partial charge in [0.15, 0.2) is 0 Å². The molecular weight excluding hydrogens is 108 g/mol. The molecular formula is C5H10O3. The Labute approximate surface area is 48.2 Å². The zero-order valence-electron chi connectivity index (χ0n) is 4.58. The predicted molar refractivity (Wildman–Crippen MR) is 29.3 cm³/mol. The van der Waals surface area contributed by atoms with Crippen molar-refractivity contribution in [2.24, 2.45) is 0 Å². The van der Waals surface area contributed by atoms with Gasteiger partial charge in [-0.3, -0.25) is 0 Å². The molecule has 0 aliphatic heterocycles. The molecule has 0 heterocycles. The smallest absolute Gasteiger partial charge is 0.110 e. The predicted octanol–water partition coefficient (Wildman–Crippen LogP) is -0.499. The Morgan fingerprint density at radius 3 is 2.62 bits per heavy atom. The van der Waals surface area contributed by atoms with Crippen LogP contribution in [0.1, 0.15) is 0 Å². The lowest BCUT2D eigenvalue weighted by atomic mass is 10.7. The normalized spacial score (nSPS) is 10.2. The minimum absolute atomic E-state index is 0.00969. The van der Waals surface area contributed by atoms with E-state index in [1.165, 1.54) is 12.3 Å². The molecule has 0 saturated heterocycles. The summed E-state index contributed by atoms with van der Waals surface area (Å²) in [7, 11) is 0. The molecule has 0 spiro atoms. The summed E-state index contributed by atoms with van der Waals surface area (Å²) in [5, 5.41) is 16.3. The van der Waals surface area contributed by atoms with Gasteiger partial charge in [-0.25, -0.2) is 0 Å². The molecule has 0 atom stereocenters. The van der Waals surface area contributed by atoms with Crippen LogP contribution in [0, 0.1) is 0 Å². The molecule has 0 rings (SSSR count). The van der Waals surface area contributed by atoms with Crippen molar-refractivity contribution in [2.75, 3.05) is 19.8 Å². The minimum atomic E-state index is -0.0224. The molecule has 0 aromatic carbocycles. The van der Waals surface area contributed by atoms with Gasteiger partial charge in [-0.1, -0.05) is 0 Å². The van der Waals surface area contributed by atoms with Crippen molar-refractivity contribution in [1.29, 1.82) is 0 Å². The zero-order valence-corrected chi connectivity index (χ0v) is 4.58. The lowest BCUT2D eigenvalue weighted by Gasteiger charge is -1.92. The van der Waals surface area contributed by atoms with Gasteiger partial charge >= 0.3 is 0 Å². The molecule has 0 aliphatic rings. The molecule has 0 radical (unpaired) electrons. The second-order valence-corrected chi connectivity index (χ2v) is 1.15. The van der Waals surface area contributed by atoms with Crippen molar-refractivity contribution in [3.05, 3.63) is 12.3 Å². The van der Waals surface area contributed by atoms with Crippen molar-refractivity contribution in [1.82, 2.24) is 0 Å². The molecule has 0 amide bonds. The van der Waals surface area contributed by atoms with Gasteiger partial charge in [-0.05, 0) is 6.08 Å². The summed E-state index contributed by atoms with van der Waals surface area (Å²) in [4.78, 5) is 0. The second kappa shape index (κ2) is 6.46. The van der Waals surface area contributed by atoms with E-state index in [1.807, 2.05) is 0 Å². The van der Waals surface area contributed by atoms with E-state index in [0.717, 1.165) is 0 Å². The van der Waals surface area contributed by atoms with Gasteiger partial charge in [-0.2, -0.15) is 0 Å². The third-order valence-corrected chi connectivity index (χ3v) is 0.507. The molecule has 0 bridgehead atoms. The first-order valence-corrected chi connectivity index (χ1v) is 2.40. The Bertz CT molecular complexity index is 60.7. The fourth-order valence-corrected chi connectivity index (χ4v) is 0.232. The summed E-state index contributed by atoms with van der Waals surface area (Å²) in [6.45, 7) is 0.275. The fraction of sp³-hybridized carbons (Fsp3) is 0.600. The summed E-state index contributed by atoms with van der Waals surface area (Å²) in [6.07, 6.45) is 2.81. The molecule has 2 N–H and O–H groups in total. The largest absolute Gasteiger partial charge is 0.499 e. The molecule has 0 aliphatic carbocycles. The number of rotatable bonds is 4. The van der Waals surface area contributed by atoms with E-state index in [2.05, 4.69) is 4.74 Å². The molecule has 0 aromatic heterocycles. The molecule has 0 saturated carbocycles. The topological polar surface area (TPSA) is 49.7 Å². The van der Waals surface area contributed by atoms with Gasteiger partial charge in [0, 0.05) is 0 Å². The summed E-state index contributed by atoms with van der Waals surface area (Å²) >= 11 is 0. The summed E-state index contributed by atoms with van der Waals surface area (Å²) in [5.41, 5.74) is 0. The molecule has 3 heteroatoms. The number of aliphatic hydroxyl groups is 2. The van der Waals surface area contributed by atoms with Crippen molar-refractivity contribution >= 4 is 0 Å². The third kappa shape index (κ3) is 5.46. The van der Waals surface area contributed by atoms with Crippen LogP contribution in [-0.4, -0.2) is 30.0 Å². The Hall–Kier alpha value is -0.540. The van der Waals surface area contributed by atoms with Crippen molar-refractivity contribution in [2.45, 2.75) is 0 Å². The first-order chi connectivity index (χ1) is 3.91. The molecule has 0 unspecified atom stereocenters. The molecule has 0 aromatic rings. The Kier molecular flexibility index (Phi) is 6.02. The van der Waals surface area contributed by atoms with Crippen molar-refractivity contribution in [3.8, 4) is 0 Å². The van der Waals surface area contributed by atoms with Crippen LogP contribution in [0.3, 0.4) is 0 Å². The van der Waals surface area contributed by atoms with E-state index >= 15 is 0 Å². The maximum Gasteiger partial charge on any atom is 0.110 e. The Balaban J connectivity index is 2.80. The molecule has 48 valence electrons. The van der Waals surface area contributed by atoms with Crippen LogP contribution in [0.4, 0.5) is 0 Å². The van der Waals surface area contributed by atoms with Crippen LogP contribution < -0.4 is 0 Å². The quantitative estimate of drug-likeness (QED) is 0.386. The number of aliphatic hydroxyl groups excluding tert-OH is 2. The van der Waals surface area contributed by atoms with Gasteiger partial charge in [0.2, 0.25) is 0 Å². The van der Waals surface area contributed by atoms with Gasteiger partial charge in [-0.15, -0.1) is 0 Å². The zero-order chi connectivity index (χ0) is 6.24. The first kappa shape index (κ1) is 7.46. The highest BCUT2D eigenvalue weighted by atomic mass is 16.5. The van der Waals surface area contributed by atoms with Crippen molar-refractivity contribution in [3.63, 3.8) is 0 Å². The van der Waals surface area contributed by atoms with E-state index in [-0.39, 0.29) is 19.8 Å². The SMILES string of the molecule is OCC=COCCO. The monoisotopic (exact) mass is 118 g/mol. The lowest BCUT2D eigenvalue weighted by molar-refractivity contribution is 0.164. The Morgan fingerprint density at radius 1 is 1.38 bits per heavy atom. The highest BCUT2D eigenvalue weighted by Crippen LogP contribution is 1.73. The van der Waals surface area contributed by atoms with Crippen LogP contribution in [0.25, 0.3) is 0 Å². The van der Waals surface area contributed by atoms with Crippen molar-refractivity contribution < 1.29 is 14.9 Å². The highest BCUT2D eigenvalue weighted by molar-refractivity contribution is 4.70. The summed E-state index contributed by atoms with van der Waals surface area (Å²) in [5.74, 6) is 0. The third-order valence-electron chi connectivity index (χ3n) is 0.507. The van der Waals surface area contributed by atoms with E-state index in [0.29, 0.717) is 0 Å². The van der Waals surface area contributed by atoms with Gasteiger partial charge in [0.25, 0.3) is 0 Å². The minimum Gasteiger partial charge on any atom is -0.499 e. The molecule has 8 heavy (non-hydrogen) atoms. The van der Waals surface area contributed by atoms with E-state index < -0.39 is 0 Å². The standard InChI is InChI=1S/C5H10O3/c6-2-1-4-8-5-3-7/h1,4,6-7H,2-3,5H2. The number of hydrogen-bond donors (Lipinski definition) is 2. The van der Waals surface area contributed by atoms with Gasteiger partial charge in [0.1, 0.15) is 6.61 Å². The van der Waals surface area contributed by atoms with Crippen LogP contribution in [0.5, 0.6) is 0 Å². The van der Waals surface area contributed by atoms with Crippen LogP contribution in [-0.2, 0) is 4.74 Å². The van der Waals surface area contributed by atoms with Crippen LogP contribution in [0.15, 0.2) is 12.3 Å². The van der Waals surface area contributed by atoms with Gasteiger partial charge < -0.3 is 14.9 Å². The maximum atomic E-state index is 8.14. The number of hydrogen-bond acceptors (Lipinski definition) is 3. The highest BCUT2D eigenvalue weighted by Gasteiger charge is 1.73. The Morgan fingerprint density at radius 2 is 2.12 bits per heavy atom. The lowest BCUT2D eigenvalue weighted by Crippen LogP contribution is -1.92. The molecule has 0 fully saturated rings. The van der Waals surface area contributed by atoms with E-state index in [9.17, 15) is 0 Å². The van der Waals surface area contributed by atoms with E-state index in [4.69, 9.17) is 10.2 Å². The van der Waals surface area contributed by atoms with Crippen LogP contribution >= 0.6 is 0 Å². The second-order valence-electron chi connectivity index (χ2n) is 1.15.